The summed E-state index contributed by atoms with van der Waals surface area (Å²) in [4.78, 5) is 0. The van der Waals surface area contributed by atoms with E-state index in [1.807, 2.05) is 0 Å². The third-order valence-electron chi connectivity index (χ3n) is 3.92. The monoisotopic (exact) mass is 348 g/mol. The van der Waals surface area contributed by atoms with Gasteiger partial charge in [0.15, 0.2) is 0 Å². The minimum atomic E-state index is -0.135. The molecule has 0 saturated heterocycles. The van der Waals surface area contributed by atoms with Crippen LogP contribution in [0, 0.1) is 0 Å². The molecular weight excluding hydrogens is 335 g/mol. The van der Waals surface area contributed by atoms with Crippen molar-refractivity contribution < 1.29 is 44.0 Å². The maximum Gasteiger partial charge on any atom is -1.00 e. The van der Waals surface area contributed by atoms with Crippen molar-refractivity contribution in [2.45, 2.75) is 12.8 Å². The quantitative estimate of drug-likeness (QED) is 0.462. The number of allylic oxidation sites excluding steroid dienone is 4. The topological polar surface area (TPSA) is 0 Å². The molecule has 2 aliphatic rings. The van der Waals surface area contributed by atoms with Crippen LogP contribution in [0.3, 0.4) is 0 Å². The van der Waals surface area contributed by atoms with Gasteiger partial charge in [-0.15, -0.1) is 0 Å². The average Bonchev–Trinajstić information content (AvgIpc) is 3.06. The summed E-state index contributed by atoms with van der Waals surface area (Å²) < 4.78 is 3.29. The molecule has 2 aliphatic carbocycles. The molecule has 104 valence electrons. The van der Waals surface area contributed by atoms with E-state index in [-0.39, 0.29) is 44.0 Å². The molecular formula is C18H14Cl2Ti. The van der Waals surface area contributed by atoms with Gasteiger partial charge >= 0.3 is 123 Å². The summed E-state index contributed by atoms with van der Waals surface area (Å²) in [5, 5.41) is 0. The Morgan fingerprint density at radius 3 is 2.48 bits per heavy atom. The van der Waals surface area contributed by atoms with Crippen LogP contribution in [0.5, 0.6) is 0 Å². The van der Waals surface area contributed by atoms with Crippen LogP contribution < -0.4 is 28.7 Å². The summed E-state index contributed by atoms with van der Waals surface area (Å²) in [5.41, 5.74) is 6.01. The second-order valence-electron chi connectivity index (χ2n) is 5.11. The van der Waals surface area contributed by atoms with Crippen LogP contribution in [0.2, 0.25) is 0 Å². The van der Waals surface area contributed by atoms with Gasteiger partial charge in [-0.3, -0.25) is 0 Å². The molecule has 0 N–H and O–H groups in total. The molecule has 2 aromatic rings. The molecule has 0 fully saturated rings. The molecule has 4 rings (SSSR count). The number of fused-ring (bicyclic) bond motifs is 3. The van der Waals surface area contributed by atoms with Crippen molar-refractivity contribution in [2.75, 3.05) is 0 Å². The molecule has 0 nitrogen and oxygen atoms in total. The van der Waals surface area contributed by atoms with Crippen molar-refractivity contribution in [1.29, 1.82) is 0 Å². The van der Waals surface area contributed by atoms with Gasteiger partial charge in [-0.25, -0.2) is 0 Å². The van der Waals surface area contributed by atoms with Crippen LogP contribution in [0.4, 0.5) is 0 Å². The van der Waals surface area contributed by atoms with Crippen LogP contribution in [0.1, 0.15) is 17.5 Å². The smallest absolute Gasteiger partial charge is 1.00 e. The van der Waals surface area contributed by atoms with Crippen molar-refractivity contribution in [3.05, 3.63) is 75.7 Å². The second-order valence-corrected chi connectivity index (χ2v) is 7.35. The first-order chi connectivity index (χ1) is 9.42. The van der Waals surface area contributed by atoms with E-state index in [4.69, 9.17) is 0 Å². The molecule has 0 unspecified atom stereocenters. The Kier molecular flexibility index (Phi) is 5.51. The fourth-order valence-electron chi connectivity index (χ4n) is 2.99. The first-order valence-electron chi connectivity index (χ1n) is 6.75. The number of halogens is 2. The summed E-state index contributed by atoms with van der Waals surface area (Å²) in [7, 11) is 0. The third kappa shape index (κ3) is 3.05. The zero-order valence-electron chi connectivity index (χ0n) is 11.4. The Bertz CT molecular complexity index is 717. The minimum absolute atomic E-state index is 0. The third-order valence-corrected chi connectivity index (χ3v) is 6.15. The van der Waals surface area contributed by atoms with E-state index < -0.39 is 0 Å². The van der Waals surface area contributed by atoms with Gasteiger partial charge < -0.3 is 24.8 Å². The van der Waals surface area contributed by atoms with Crippen LogP contribution in [0.15, 0.2) is 64.6 Å². The summed E-state index contributed by atoms with van der Waals surface area (Å²) in [5.74, 6) is 0. The molecule has 2 aromatic carbocycles. The minimum Gasteiger partial charge on any atom is -1.00 e. The zero-order chi connectivity index (χ0) is 12.7. The van der Waals surface area contributed by atoms with Crippen LogP contribution in [-0.2, 0) is 25.6 Å². The van der Waals surface area contributed by atoms with Crippen molar-refractivity contribution >= 4 is 3.87 Å². The normalized spacial score (nSPS) is 13.4. The number of hydrogen-bond donors (Lipinski definition) is 0. The Labute approximate surface area is 147 Å². The van der Waals surface area contributed by atoms with E-state index in [9.17, 15) is 0 Å². The molecule has 0 bridgehead atoms. The first-order valence-corrected chi connectivity index (χ1v) is 8.31. The largest absolute Gasteiger partial charge is 1.00 e. The van der Waals surface area contributed by atoms with Gasteiger partial charge in [0.25, 0.3) is 0 Å². The second kappa shape index (κ2) is 6.98. The standard InChI is InChI=1S/C13H9.C5H5.2ClH.Ti/c1-3-7-12-10(5-1)9-11-6-2-4-8-13(11)12;1-2-4-5-3-1;;;/h1-5,7-8H,9H2;1-3H,4H2;2*1H;/q;;;;+2/p-2. The molecule has 3 heteroatoms. The maximum absolute atomic E-state index is 2.35. The summed E-state index contributed by atoms with van der Waals surface area (Å²) in [6.07, 6.45) is 9.11. The van der Waals surface area contributed by atoms with Gasteiger partial charge in [-0.1, -0.05) is 0 Å². The molecule has 0 amide bonds. The Morgan fingerprint density at radius 2 is 1.67 bits per heavy atom. The molecule has 0 atom stereocenters. The maximum atomic E-state index is 2.35. The summed E-state index contributed by atoms with van der Waals surface area (Å²) in [6.45, 7) is 0. The fourth-order valence-corrected chi connectivity index (χ4v) is 5.02. The fraction of sp³-hybridized carbons (Fsp3) is 0.111. The molecule has 0 spiro atoms. The summed E-state index contributed by atoms with van der Waals surface area (Å²) >= 11 is -0.135. The molecule has 21 heavy (non-hydrogen) atoms. The van der Waals surface area contributed by atoms with Gasteiger partial charge in [0.05, 0.1) is 0 Å². The molecule has 0 aliphatic heterocycles. The average molecular weight is 349 g/mol. The van der Waals surface area contributed by atoms with E-state index in [0.717, 1.165) is 6.42 Å². The number of benzene rings is 2. The summed E-state index contributed by atoms with van der Waals surface area (Å²) in [6, 6.07) is 15.7. The van der Waals surface area contributed by atoms with Gasteiger partial charge in [0, 0.05) is 0 Å². The van der Waals surface area contributed by atoms with E-state index in [1.54, 1.807) is 13.3 Å². The SMILES string of the molecule is C1=CC[C]([Ti+2][c]2cccc3c2Cc2ccccc2-3)=C1.[Cl-].[Cl-]. The first kappa shape index (κ1) is 16.6. The molecule has 0 saturated carbocycles. The van der Waals surface area contributed by atoms with E-state index in [1.165, 1.54) is 23.1 Å². The predicted molar refractivity (Wildman–Crippen MR) is 76.2 cm³/mol. The Morgan fingerprint density at radius 1 is 0.857 bits per heavy atom. The Hall–Kier alpha value is -0.786. The predicted octanol–water partition coefficient (Wildman–Crippen LogP) is -2.18. The van der Waals surface area contributed by atoms with Gasteiger partial charge in [-0.05, 0) is 0 Å². The Balaban J connectivity index is 0.000000807. The molecule has 0 radical (unpaired) electrons. The van der Waals surface area contributed by atoms with Crippen molar-refractivity contribution in [3.63, 3.8) is 0 Å². The van der Waals surface area contributed by atoms with Crippen LogP contribution >= 0.6 is 0 Å². The van der Waals surface area contributed by atoms with Crippen molar-refractivity contribution in [2.24, 2.45) is 0 Å². The van der Waals surface area contributed by atoms with E-state index in [0.29, 0.717) is 0 Å². The van der Waals surface area contributed by atoms with Gasteiger partial charge in [0.1, 0.15) is 0 Å². The number of hydrogen-bond acceptors (Lipinski definition) is 0. The van der Waals surface area contributed by atoms with Gasteiger partial charge in [-0.2, -0.15) is 0 Å². The van der Waals surface area contributed by atoms with Crippen LogP contribution in [-0.4, -0.2) is 0 Å². The zero-order valence-corrected chi connectivity index (χ0v) is 14.5. The van der Waals surface area contributed by atoms with Crippen molar-refractivity contribution in [3.8, 4) is 11.1 Å². The van der Waals surface area contributed by atoms with E-state index >= 15 is 0 Å². The molecule has 0 heterocycles. The van der Waals surface area contributed by atoms with Crippen LogP contribution in [0.25, 0.3) is 11.1 Å². The molecule has 0 aromatic heterocycles. The van der Waals surface area contributed by atoms with Gasteiger partial charge in [0.2, 0.25) is 0 Å². The van der Waals surface area contributed by atoms with E-state index in [2.05, 4.69) is 60.7 Å². The number of rotatable bonds is 2. The van der Waals surface area contributed by atoms with Crippen molar-refractivity contribution in [1.82, 2.24) is 0 Å².